The van der Waals surface area contributed by atoms with Crippen LogP contribution in [0.15, 0.2) is 0 Å². The van der Waals surface area contributed by atoms with Gasteiger partial charge >= 0.3 is 12.3 Å². The second kappa shape index (κ2) is 5.67. The van der Waals surface area contributed by atoms with Crippen LogP contribution in [0.3, 0.4) is 0 Å². The third-order valence-corrected chi connectivity index (χ3v) is 4.12. The van der Waals surface area contributed by atoms with Crippen LogP contribution in [0.4, 0.5) is 13.2 Å². The molecule has 0 saturated heterocycles. The zero-order valence-electron chi connectivity index (χ0n) is 9.19. The fraction of sp³-hybridized carbons (Fsp3) is 0.875. The molecule has 0 spiro atoms. The third kappa shape index (κ3) is 5.87. The highest BCUT2D eigenvalue weighted by atomic mass is 32.2. The minimum absolute atomic E-state index is 0.733. The molecule has 0 radical (unpaired) electrons. The van der Waals surface area contributed by atoms with E-state index in [0.717, 1.165) is 0 Å². The van der Waals surface area contributed by atoms with Crippen molar-refractivity contribution in [3.05, 3.63) is 0 Å². The first-order valence-electron chi connectivity index (χ1n) is 4.62. The number of carbonyl (C=O) groups is 1. The molecule has 1 N–H and O–H groups in total. The smallest absolute Gasteiger partial charge is 0.480 e. The largest absolute Gasteiger partial charge is 0.522 e. The quantitative estimate of drug-likeness (QED) is 0.785. The fourth-order valence-corrected chi connectivity index (χ4v) is 2.96. The lowest BCUT2D eigenvalue weighted by Gasteiger charge is -2.17. The van der Waals surface area contributed by atoms with Gasteiger partial charge in [0.2, 0.25) is 0 Å². The number of carboxylic acid groups (broad SMARTS) is 1. The van der Waals surface area contributed by atoms with E-state index in [-0.39, 0.29) is 0 Å². The summed E-state index contributed by atoms with van der Waals surface area (Å²) in [6.07, 6.45) is -4.92. The van der Waals surface area contributed by atoms with Crippen LogP contribution < -0.4 is 0 Å². The van der Waals surface area contributed by atoms with Crippen molar-refractivity contribution in [1.29, 1.82) is 0 Å². The first-order valence-corrected chi connectivity index (χ1v) is 6.34. The van der Waals surface area contributed by atoms with Gasteiger partial charge in [-0.3, -0.25) is 9.53 Å². The minimum atomic E-state index is -4.92. The molecular weight excluding hydrogens is 265 g/mol. The van der Waals surface area contributed by atoms with Gasteiger partial charge in [0.15, 0.2) is 15.1 Å². The highest BCUT2D eigenvalue weighted by molar-refractivity contribution is 7.92. The van der Waals surface area contributed by atoms with Gasteiger partial charge in [-0.2, -0.15) is 0 Å². The molecule has 9 heteroatoms. The van der Waals surface area contributed by atoms with Crippen molar-refractivity contribution in [3.63, 3.8) is 0 Å². The Morgan fingerprint density at radius 2 is 1.82 bits per heavy atom. The van der Waals surface area contributed by atoms with Gasteiger partial charge in [-0.25, -0.2) is 8.42 Å². The molecule has 0 aromatic rings. The van der Waals surface area contributed by atoms with Crippen LogP contribution in [0.2, 0.25) is 0 Å². The highest BCUT2D eigenvalue weighted by Crippen LogP contribution is 2.18. The average molecular weight is 278 g/mol. The molecule has 0 aliphatic heterocycles. The van der Waals surface area contributed by atoms with Gasteiger partial charge in [-0.15, -0.1) is 13.2 Å². The van der Waals surface area contributed by atoms with Crippen molar-refractivity contribution in [3.8, 4) is 0 Å². The van der Waals surface area contributed by atoms with Gasteiger partial charge in [0.05, 0.1) is 12.4 Å². The van der Waals surface area contributed by atoms with Crippen molar-refractivity contribution in [2.45, 2.75) is 25.5 Å². The number of hydrogen-bond donors (Lipinski definition) is 1. The lowest BCUT2D eigenvalue weighted by atomic mass is 10.1. The lowest BCUT2D eigenvalue weighted by Crippen LogP contribution is -2.38. The second-order valence-corrected chi connectivity index (χ2v) is 5.91. The Bertz CT molecular complexity index is 360. The Kier molecular flexibility index (Phi) is 5.40. The molecule has 0 saturated carbocycles. The second-order valence-electron chi connectivity index (χ2n) is 3.66. The first-order chi connectivity index (χ1) is 7.47. The Morgan fingerprint density at radius 3 is 2.12 bits per heavy atom. The van der Waals surface area contributed by atoms with Crippen molar-refractivity contribution in [2.75, 3.05) is 12.4 Å². The molecule has 0 aromatic carbocycles. The summed E-state index contributed by atoms with van der Waals surface area (Å²) in [6, 6.07) is 0. The molecule has 0 aliphatic rings. The number of rotatable bonds is 6. The predicted octanol–water partition coefficient (Wildman–Crippen LogP) is 1.05. The van der Waals surface area contributed by atoms with Crippen LogP contribution in [0.5, 0.6) is 0 Å². The maximum absolute atomic E-state index is 11.6. The summed E-state index contributed by atoms with van der Waals surface area (Å²) in [4.78, 5) is 10.7. The summed E-state index contributed by atoms with van der Waals surface area (Å²) in [5, 5.41) is 6.97. The molecule has 5 nitrogen and oxygen atoms in total. The third-order valence-electron chi connectivity index (χ3n) is 1.87. The average Bonchev–Trinajstić information content (AvgIpc) is 1.96. The maximum atomic E-state index is 11.6. The number of hydrogen-bond acceptors (Lipinski definition) is 4. The molecule has 0 bridgehead atoms. The summed E-state index contributed by atoms with van der Waals surface area (Å²) < 4.78 is 61.1. The Hall–Kier alpha value is -0.830. The predicted molar refractivity (Wildman–Crippen MR) is 52.1 cm³/mol. The molecule has 0 heterocycles. The van der Waals surface area contributed by atoms with Crippen molar-refractivity contribution >= 4 is 15.8 Å². The first kappa shape index (κ1) is 16.2. The van der Waals surface area contributed by atoms with E-state index >= 15 is 0 Å². The van der Waals surface area contributed by atoms with Crippen LogP contribution in [0.25, 0.3) is 0 Å². The van der Waals surface area contributed by atoms with Crippen LogP contribution in [0, 0.1) is 5.92 Å². The number of ether oxygens (including phenoxy) is 1. The van der Waals surface area contributed by atoms with Crippen molar-refractivity contribution in [1.82, 2.24) is 0 Å². The number of carboxylic acids is 1. The summed E-state index contributed by atoms with van der Waals surface area (Å²) in [5.41, 5.74) is 0. The van der Waals surface area contributed by atoms with Crippen LogP contribution in [-0.2, 0) is 19.4 Å². The van der Waals surface area contributed by atoms with E-state index < -0.39 is 45.7 Å². The monoisotopic (exact) mass is 278 g/mol. The van der Waals surface area contributed by atoms with Crippen LogP contribution >= 0.6 is 0 Å². The van der Waals surface area contributed by atoms with Gasteiger partial charge in [0.25, 0.3) is 0 Å². The Morgan fingerprint density at radius 1 is 1.35 bits per heavy atom. The maximum Gasteiger partial charge on any atom is 0.522 e. The summed E-state index contributed by atoms with van der Waals surface area (Å²) in [5.74, 6) is -3.29. The summed E-state index contributed by atoms with van der Waals surface area (Å²) >= 11 is 0. The number of alkyl halides is 3. The molecule has 1 atom stereocenters. The van der Waals surface area contributed by atoms with Gasteiger partial charge in [-0.05, 0) is 5.92 Å². The molecule has 0 amide bonds. The fourth-order valence-electron chi connectivity index (χ4n) is 1.25. The Balaban J connectivity index is 4.62. The lowest BCUT2D eigenvalue weighted by molar-refractivity contribution is -0.322. The van der Waals surface area contributed by atoms with Gasteiger partial charge in [-0.1, -0.05) is 13.8 Å². The van der Waals surface area contributed by atoms with Gasteiger partial charge < -0.3 is 5.11 Å². The summed E-state index contributed by atoms with van der Waals surface area (Å²) in [6.45, 7) is 1.62. The zero-order valence-corrected chi connectivity index (χ0v) is 10.0. The molecule has 0 rings (SSSR count). The highest BCUT2D eigenvalue weighted by Gasteiger charge is 2.36. The minimum Gasteiger partial charge on any atom is -0.480 e. The number of aliphatic carboxylic acids is 1. The Labute approximate surface area is 96.5 Å². The van der Waals surface area contributed by atoms with Crippen LogP contribution in [0.1, 0.15) is 13.8 Å². The van der Waals surface area contributed by atoms with Crippen LogP contribution in [-0.4, -0.2) is 43.5 Å². The summed E-state index contributed by atoms with van der Waals surface area (Å²) in [7, 11) is -4.17. The molecule has 0 aromatic heterocycles. The normalized spacial score (nSPS) is 14.9. The van der Waals surface area contributed by atoms with E-state index in [1.165, 1.54) is 13.8 Å². The molecule has 0 fully saturated rings. The van der Waals surface area contributed by atoms with E-state index in [1.54, 1.807) is 0 Å². The zero-order chi connectivity index (χ0) is 13.9. The molecule has 17 heavy (non-hydrogen) atoms. The molecular formula is C8H13F3O5S. The SMILES string of the molecule is CC(C)C(C(=O)O)S(=O)(=O)CCOC(F)(F)F. The number of sulfone groups is 1. The van der Waals surface area contributed by atoms with Gasteiger partial charge in [0, 0.05) is 0 Å². The topological polar surface area (TPSA) is 80.7 Å². The number of halogens is 3. The van der Waals surface area contributed by atoms with E-state index in [1.807, 2.05) is 0 Å². The molecule has 0 aliphatic carbocycles. The van der Waals surface area contributed by atoms with E-state index in [2.05, 4.69) is 4.74 Å². The molecule has 102 valence electrons. The van der Waals surface area contributed by atoms with E-state index in [4.69, 9.17) is 5.11 Å². The van der Waals surface area contributed by atoms with E-state index in [0.29, 0.717) is 0 Å². The van der Waals surface area contributed by atoms with Crippen molar-refractivity contribution in [2.24, 2.45) is 5.92 Å². The molecule has 1 unspecified atom stereocenters. The van der Waals surface area contributed by atoms with Gasteiger partial charge in [0.1, 0.15) is 0 Å². The van der Waals surface area contributed by atoms with E-state index in [9.17, 15) is 26.4 Å². The van der Waals surface area contributed by atoms with Crippen molar-refractivity contribution < 1.29 is 36.2 Å². The standard InChI is InChI=1S/C8H13F3O5S/c1-5(2)6(7(12)13)17(14,15)4-3-16-8(9,10)11/h5-6H,3-4H2,1-2H3,(H,12,13).